The summed E-state index contributed by atoms with van der Waals surface area (Å²) in [7, 11) is 4.05. The molecule has 0 bridgehead atoms. The van der Waals surface area contributed by atoms with Crippen molar-refractivity contribution >= 4 is 46.2 Å². The summed E-state index contributed by atoms with van der Waals surface area (Å²) in [4.78, 5) is 41.4. The first kappa shape index (κ1) is 35.4. The fraction of sp³-hybridized carbons (Fsp3) is 0.500. The molecule has 0 saturated carbocycles. The van der Waals surface area contributed by atoms with E-state index in [1.54, 1.807) is 0 Å². The summed E-state index contributed by atoms with van der Waals surface area (Å²) in [5, 5.41) is 9.03. The predicted molar refractivity (Wildman–Crippen MR) is 193 cm³/mol. The van der Waals surface area contributed by atoms with E-state index in [1.807, 2.05) is 24.1 Å². The number of unbranched alkanes of at least 4 members (excludes halogenated alkanes) is 2. The third-order valence-corrected chi connectivity index (χ3v) is 9.71. The molecule has 2 aromatic carbocycles. The van der Waals surface area contributed by atoms with Crippen molar-refractivity contribution in [1.82, 2.24) is 30.4 Å². The summed E-state index contributed by atoms with van der Waals surface area (Å²) in [6.07, 6.45) is 7.22. The number of nitrogens with zero attached hydrogens (tertiary/aromatic N) is 6. The average Bonchev–Trinajstić information content (AvgIpc) is 3.12. The van der Waals surface area contributed by atoms with Gasteiger partial charge in [-0.3, -0.25) is 9.59 Å². The van der Waals surface area contributed by atoms with Gasteiger partial charge in [-0.25, -0.2) is 0 Å². The molecule has 48 heavy (non-hydrogen) atoms. The fourth-order valence-corrected chi connectivity index (χ4v) is 6.87. The van der Waals surface area contributed by atoms with Gasteiger partial charge in [-0.15, -0.1) is 0 Å². The molecule has 3 heterocycles. The quantitative estimate of drug-likeness (QED) is 0.125. The van der Waals surface area contributed by atoms with Gasteiger partial charge in [0.15, 0.2) is 0 Å². The molecular weight excluding hydrogens is 628 g/mol. The number of ether oxygens (including phenoxy) is 1. The second-order valence-electron chi connectivity index (χ2n) is 12.6. The normalized spacial score (nSPS) is 15.4. The third kappa shape index (κ3) is 8.94. The zero-order valence-corrected chi connectivity index (χ0v) is 29.1. The fourth-order valence-electron chi connectivity index (χ4n) is 6.59. The summed E-state index contributed by atoms with van der Waals surface area (Å²) in [5.41, 5.74) is 3.20. The van der Waals surface area contributed by atoms with Crippen LogP contribution >= 0.6 is 11.6 Å². The van der Waals surface area contributed by atoms with Crippen LogP contribution < -0.4 is 25.2 Å². The van der Waals surface area contributed by atoms with Crippen LogP contribution in [-0.4, -0.2) is 111 Å². The lowest BCUT2D eigenvalue weighted by Gasteiger charge is -2.38. The number of nitrogens with one attached hydrogen (secondary N) is 2. The summed E-state index contributed by atoms with van der Waals surface area (Å²) in [6.45, 7) is 10.7. The van der Waals surface area contributed by atoms with E-state index in [0.717, 1.165) is 96.7 Å². The number of rotatable bonds is 17. The first-order valence-corrected chi connectivity index (χ1v) is 17.4. The van der Waals surface area contributed by atoms with Crippen LogP contribution in [-0.2, 0) is 22.6 Å². The molecule has 1 saturated heterocycles. The molecule has 12 heteroatoms. The Hall–Kier alpha value is -3.93. The van der Waals surface area contributed by atoms with Crippen LogP contribution in [0.5, 0.6) is 6.01 Å². The first-order chi connectivity index (χ1) is 23.4. The molecule has 2 aliphatic rings. The van der Waals surface area contributed by atoms with Crippen molar-refractivity contribution < 1.29 is 14.3 Å². The smallest absolute Gasteiger partial charge is 0.318 e. The van der Waals surface area contributed by atoms with E-state index < -0.39 is 0 Å². The van der Waals surface area contributed by atoms with Gasteiger partial charge in [-0.05, 0) is 63.5 Å². The maximum atomic E-state index is 12.3. The van der Waals surface area contributed by atoms with Gasteiger partial charge >= 0.3 is 6.01 Å². The predicted octanol–water partition coefficient (Wildman–Crippen LogP) is 3.89. The molecule has 2 aliphatic heterocycles. The Kier molecular flexibility index (Phi) is 12.9. The highest BCUT2D eigenvalue weighted by atomic mass is 35.5. The molecule has 1 aromatic heterocycles. The van der Waals surface area contributed by atoms with Gasteiger partial charge in [0.2, 0.25) is 12.3 Å². The van der Waals surface area contributed by atoms with Crippen LogP contribution in [0.4, 0.5) is 11.5 Å². The number of hydrogen-bond donors (Lipinski definition) is 2. The minimum Gasteiger partial charge on any atom is -0.462 e. The second kappa shape index (κ2) is 17.5. The van der Waals surface area contributed by atoms with E-state index in [9.17, 15) is 9.59 Å². The number of halogens is 1. The van der Waals surface area contributed by atoms with Gasteiger partial charge in [0.25, 0.3) is 0 Å². The number of carbonyl (C=O) groups is 2. The highest BCUT2D eigenvalue weighted by molar-refractivity contribution is 6.36. The topological polar surface area (TPSA) is 106 Å². The highest BCUT2D eigenvalue weighted by Gasteiger charge is 2.29. The summed E-state index contributed by atoms with van der Waals surface area (Å²) < 4.78 is 6.34. The zero-order chi connectivity index (χ0) is 33.9. The van der Waals surface area contributed by atoms with Crippen molar-refractivity contribution in [2.24, 2.45) is 0 Å². The molecule has 1 atom stereocenters. The Morgan fingerprint density at radius 2 is 1.85 bits per heavy atom. The number of fused-ring (bicyclic) bond motifs is 2. The van der Waals surface area contributed by atoms with E-state index in [2.05, 4.69) is 63.2 Å². The molecule has 258 valence electrons. The molecule has 2 N–H and O–H groups in total. The Morgan fingerprint density at radius 1 is 1.06 bits per heavy atom. The van der Waals surface area contributed by atoms with Crippen LogP contribution in [0.1, 0.15) is 36.9 Å². The standard InChI is InChI=1S/C36H49ClN8O3/c1-4-33(47)43-20-22-44(23-21-43)35-29-15-18-45(32-14-9-11-27-10-8-13-30(37)34(27)32)24-31(29)40-36(41-35)48-25-28(38-2)12-6-5-7-17-42(3)19-16-39-26-46/h4,8-11,13-14,26,28,38H,1,5-7,12,15-25H2,2-3H3,(H,39,46). The molecule has 3 aromatic rings. The van der Waals surface area contributed by atoms with Gasteiger partial charge in [0.05, 0.1) is 17.3 Å². The van der Waals surface area contributed by atoms with Crippen molar-refractivity contribution in [3.05, 3.63) is 65.3 Å². The van der Waals surface area contributed by atoms with E-state index in [-0.39, 0.29) is 11.9 Å². The van der Waals surface area contributed by atoms with Crippen molar-refractivity contribution in [2.75, 3.05) is 82.9 Å². The third-order valence-electron chi connectivity index (χ3n) is 9.40. The van der Waals surface area contributed by atoms with Gasteiger partial charge < -0.3 is 35.0 Å². The molecule has 2 amide bonds. The van der Waals surface area contributed by atoms with Crippen molar-refractivity contribution in [1.29, 1.82) is 0 Å². The molecule has 0 aliphatic carbocycles. The largest absolute Gasteiger partial charge is 0.462 e. The van der Waals surface area contributed by atoms with E-state index in [1.165, 1.54) is 6.08 Å². The van der Waals surface area contributed by atoms with Gasteiger partial charge in [0, 0.05) is 68.5 Å². The summed E-state index contributed by atoms with van der Waals surface area (Å²) in [5.74, 6) is 0.870. The van der Waals surface area contributed by atoms with E-state index >= 15 is 0 Å². The summed E-state index contributed by atoms with van der Waals surface area (Å²) >= 11 is 6.72. The Balaban J connectivity index is 1.28. The Labute approximate surface area is 289 Å². The van der Waals surface area contributed by atoms with Crippen LogP contribution in [0.15, 0.2) is 49.1 Å². The number of hydrogen-bond acceptors (Lipinski definition) is 9. The van der Waals surface area contributed by atoms with E-state index in [4.69, 9.17) is 26.3 Å². The minimum atomic E-state index is -0.0372. The molecule has 5 rings (SSSR count). The zero-order valence-electron chi connectivity index (χ0n) is 28.3. The lowest BCUT2D eigenvalue weighted by molar-refractivity contribution is -0.126. The molecule has 1 fully saturated rings. The number of piperazine rings is 1. The molecule has 1 unspecified atom stereocenters. The van der Waals surface area contributed by atoms with Crippen LogP contribution in [0, 0.1) is 0 Å². The van der Waals surface area contributed by atoms with Gasteiger partial charge in [-0.2, -0.15) is 9.97 Å². The lowest BCUT2D eigenvalue weighted by atomic mass is 10.0. The number of aromatic nitrogens is 2. The molecule has 0 spiro atoms. The first-order valence-electron chi connectivity index (χ1n) is 17.1. The number of amides is 2. The Morgan fingerprint density at radius 3 is 2.60 bits per heavy atom. The second-order valence-corrected chi connectivity index (χ2v) is 13.0. The SMILES string of the molecule is C=CC(=O)N1CCN(c2nc(OCC(CCCCCN(C)CCNC=O)NC)nc3c2CCN(c2cccc4cccc(Cl)c24)C3)CC1. The van der Waals surface area contributed by atoms with E-state index in [0.29, 0.717) is 51.9 Å². The van der Waals surface area contributed by atoms with Crippen LogP contribution in [0.2, 0.25) is 5.02 Å². The van der Waals surface area contributed by atoms with Crippen molar-refractivity contribution in [3.8, 4) is 6.01 Å². The number of carbonyl (C=O) groups excluding carboxylic acids is 2. The summed E-state index contributed by atoms with van der Waals surface area (Å²) in [6, 6.07) is 12.9. The van der Waals surface area contributed by atoms with Gasteiger partial charge in [0.1, 0.15) is 12.4 Å². The van der Waals surface area contributed by atoms with Crippen LogP contribution in [0.3, 0.4) is 0 Å². The minimum absolute atomic E-state index is 0.0372. The maximum Gasteiger partial charge on any atom is 0.318 e. The highest BCUT2D eigenvalue weighted by Crippen LogP contribution is 2.37. The average molecular weight is 677 g/mol. The van der Waals surface area contributed by atoms with Gasteiger partial charge in [-0.1, -0.05) is 55.3 Å². The van der Waals surface area contributed by atoms with Crippen molar-refractivity contribution in [3.63, 3.8) is 0 Å². The molecule has 11 nitrogen and oxygen atoms in total. The number of likely N-dealkylation sites (N-methyl/N-ethyl adjacent to an activating group) is 2. The number of anilines is 2. The molecule has 0 radical (unpaired) electrons. The number of benzene rings is 2. The monoisotopic (exact) mass is 676 g/mol. The lowest BCUT2D eigenvalue weighted by Crippen LogP contribution is -2.49. The molecular formula is C36H49ClN8O3. The maximum absolute atomic E-state index is 12.3. The van der Waals surface area contributed by atoms with Crippen molar-refractivity contribution in [2.45, 2.75) is 44.7 Å². The Bertz CT molecular complexity index is 1540. The van der Waals surface area contributed by atoms with Crippen LogP contribution in [0.25, 0.3) is 10.8 Å².